The van der Waals surface area contributed by atoms with Gasteiger partial charge in [-0.1, -0.05) is 6.07 Å². The van der Waals surface area contributed by atoms with Crippen molar-refractivity contribution in [3.8, 4) is 0 Å². The smallest absolute Gasteiger partial charge is 0.310 e. The Labute approximate surface area is 121 Å². The van der Waals surface area contributed by atoms with Crippen LogP contribution in [-0.4, -0.2) is 25.8 Å². The molecular weight excluding hydrogens is 274 g/mol. The first-order valence-corrected chi connectivity index (χ1v) is 7.60. The highest BCUT2D eigenvalue weighted by Gasteiger charge is 2.21. The molecule has 0 bridgehead atoms. The lowest BCUT2D eigenvalue weighted by atomic mass is 10.3. The zero-order chi connectivity index (χ0) is 13.9. The Kier molecular flexibility index (Phi) is 3.88. The van der Waals surface area contributed by atoms with Gasteiger partial charge in [0.25, 0.3) is 0 Å². The Morgan fingerprint density at radius 2 is 2.40 bits per heavy atom. The topological polar surface area (TPSA) is 75.6 Å². The van der Waals surface area contributed by atoms with Crippen molar-refractivity contribution in [3.05, 3.63) is 34.4 Å². The second kappa shape index (κ2) is 5.80. The van der Waals surface area contributed by atoms with Gasteiger partial charge >= 0.3 is 5.69 Å². The van der Waals surface area contributed by atoms with E-state index in [9.17, 15) is 4.79 Å². The van der Waals surface area contributed by atoms with Gasteiger partial charge in [-0.2, -0.15) is 0 Å². The van der Waals surface area contributed by atoms with Gasteiger partial charge in [0, 0.05) is 25.3 Å². The molecule has 1 aliphatic rings. The van der Waals surface area contributed by atoms with Crippen molar-refractivity contribution >= 4 is 11.8 Å². The van der Waals surface area contributed by atoms with Gasteiger partial charge in [-0.05, 0) is 43.2 Å². The van der Waals surface area contributed by atoms with Crippen molar-refractivity contribution in [2.45, 2.75) is 49.1 Å². The van der Waals surface area contributed by atoms with Crippen LogP contribution in [-0.2, 0) is 13.1 Å². The maximum Gasteiger partial charge on any atom is 0.343 e. The van der Waals surface area contributed by atoms with Crippen molar-refractivity contribution in [2.75, 3.05) is 0 Å². The van der Waals surface area contributed by atoms with Gasteiger partial charge in [0.15, 0.2) is 5.16 Å². The Morgan fingerprint density at radius 1 is 1.55 bits per heavy atom. The van der Waals surface area contributed by atoms with Crippen LogP contribution in [0.25, 0.3) is 0 Å². The number of nitrogens with one attached hydrogen (secondary N) is 2. The Morgan fingerprint density at radius 3 is 3.15 bits per heavy atom. The van der Waals surface area contributed by atoms with Gasteiger partial charge in [-0.15, -0.1) is 5.10 Å². The molecule has 6 nitrogen and oxygen atoms in total. The van der Waals surface area contributed by atoms with Gasteiger partial charge in [0.1, 0.15) is 5.03 Å². The van der Waals surface area contributed by atoms with E-state index in [-0.39, 0.29) is 5.69 Å². The van der Waals surface area contributed by atoms with Gasteiger partial charge in [-0.3, -0.25) is 4.57 Å². The third kappa shape index (κ3) is 2.94. The van der Waals surface area contributed by atoms with E-state index >= 15 is 0 Å². The van der Waals surface area contributed by atoms with E-state index in [1.807, 2.05) is 13.0 Å². The monoisotopic (exact) mass is 291 g/mol. The molecule has 1 aliphatic carbocycles. The van der Waals surface area contributed by atoms with Crippen LogP contribution in [0.15, 0.2) is 33.3 Å². The average Bonchev–Trinajstić information content (AvgIpc) is 3.22. The minimum Gasteiger partial charge on any atom is -0.310 e. The third-order valence-corrected chi connectivity index (χ3v) is 4.29. The van der Waals surface area contributed by atoms with E-state index in [1.165, 1.54) is 24.6 Å². The molecule has 20 heavy (non-hydrogen) atoms. The second-order valence-corrected chi connectivity index (χ2v) is 5.74. The van der Waals surface area contributed by atoms with Crippen molar-refractivity contribution < 1.29 is 0 Å². The number of hydrogen-bond donors (Lipinski definition) is 2. The van der Waals surface area contributed by atoms with Crippen molar-refractivity contribution in [1.29, 1.82) is 0 Å². The van der Waals surface area contributed by atoms with Gasteiger partial charge in [-0.25, -0.2) is 14.9 Å². The van der Waals surface area contributed by atoms with Gasteiger partial charge in [0.2, 0.25) is 0 Å². The number of hydrogen-bond acceptors (Lipinski definition) is 5. The Bertz CT molecular complexity index is 646. The lowest BCUT2D eigenvalue weighted by Crippen LogP contribution is -2.17. The van der Waals surface area contributed by atoms with Gasteiger partial charge < -0.3 is 5.32 Å². The average molecular weight is 291 g/mol. The predicted octanol–water partition coefficient (Wildman–Crippen LogP) is 1.39. The van der Waals surface area contributed by atoms with Crippen LogP contribution in [0.5, 0.6) is 0 Å². The maximum atomic E-state index is 11.6. The molecule has 0 atom stereocenters. The first kappa shape index (κ1) is 13.4. The highest BCUT2D eigenvalue weighted by Crippen LogP contribution is 2.27. The van der Waals surface area contributed by atoms with Crippen molar-refractivity contribution in [3.63, 3.8) is 0 Å². The quantitative estimate of drug-likeness (QED) is 0.841. The number of nitrogens with zero attached hydrogens (tertiary/aromatic N) is 3. The normalized spacial score (nSPS) is 14.7. The minimum atomic E-state index is -0.177. The summed E-state index contributed by atoms with van der Waals surface area (Å²) in [5.74, 6) is 0. The summed E-state index contributed by atoms with van der Waals surface area (Å²) < 4.78 is 1.61. The summed E-state index contributed by atoms with van der Waals surface area (Å²) in [5.41, 5.74) is 0.964. The molecule has 0 saturated heterocycles. The molecule has 0 unspecified atom stereocenters. The first-order valence-electron chi connectivity index (χ1n) is 6.78. The van der Waals surface area contributed by atoms with Crippen molar-refractivity contribution in [2.24, 2.45) is 0 Å². The van der Waals surface area contributed by atoms with E-state index in [0.29, 0.717) is 17.7 Å². The fourth-order valence-electron chi connectivity index (χ4n) is 1.94. The number of rotatable bonds is 6. The van der Waals surface area contributed by atoms with E-state index in [2.05, 4.69) is 26.6 Å². The molecule has 7 heteroatoms. The summed E-state index contributed by atoms with van der Waals surface area (Å²) in [4.78, 5) is 16.0. The summed E-state index contributed by atoms with van der Waals surface area (Å²) in [6.45, 7) is 3.33. The molecular formula is C13H17N5OS. The molecule has 2 heterocycles. The van der Waals surface area contributed by atoms with Crippen molar-refractivity contribution in [1.82, 2.24) is 25.1 Å². The molecule has 0 aliphatic heterocycles. The molecule has 2 N–H and O–H groups in total. The lowest BCUT2D eigenvalue weighted by molar-refractivity contribution is 0.657. The summed E-state index contributed by atoms with van der Waals surface area (Å²) in [6, 6.07) is 4.66. The van der Waals surface area contributed by atoms with E-state index in [0.717, 1.165) is 17.1 Å². The van der Waals surface area contributed by atoms with Gasteiger partial charge in [0.05, 0.1) is 0 Å². The number of pyridine rings is 1. The molecule has 2 aromatic heterocycles. The lowest BCUT2D eigenvalue weighted by Gasteiger charge is -2.08. The SMILES string of the molecule is CCn1c(Sc2ncccc2CNC2CC2)n[nH]c1=O. The predicted molar refractivity (Wildman–Crippen MR) is 76.7 cm³/mol. The first-order chi connectivity index (χ1) is 9.78. The molecule has 2 aromatic rings. The molecule has 0 aromatic carbocycles. The third-order valence-electron chi connectivity index (χ3n) is 3.24. The number of H-pyrrole nitrogens is 1. The molecule has 0 amide bonds. The van der Waals surface area contributed by atoms with Crippen LogP contribution in [0.3, 0.4) is 0 Å². The van der Waals surface area contributed by atoms with Crippen LogP contribution in [0.2, 0.25) is 0 Å². The fraction of sp³-hybridized carbons (Fsp3) is 0.462. The molecule has 1 saturated carbocycles. The summed E-state index contributed by atoms with van der Waals surface area (Å²) in [5, 5.41) is 11.6. The number of aromatic amines is 1. The second-order valence-electron chi connectivity index (χ2n) is 4.78. The molecule has 0 spiro atoms. The van der Waals surface area contributed by atoms with Crippen LogP contribution in [0, 0.1) is 0 Å². The Balaban J connectivity index is 1.80. The number of aromatic nitrogens is 4. The van der Waals surface area contributed by atoms with Crippen LogP contribution in [0.4, 0.5) is 0 Å². The molecule has 106 valence electrons. The summed E-state index contributed by atoms with van der Waals surface area (Å²) in [6.07, 6.45) is 4.29. The van der Waals surface area contributed by atoms with E-state index in [4.69, 9.17) is 0 Å². The highest BCUT2D eigenvalue weighted by molar-refractivity contribution is 7.99. The minimum absolute atomic E-state index is 0.177. The maximum absolute atomic E-state index is 11.6. The Hall–Kier alpha value is -1.60. The van der Waals surface area contributed by atoms with Crippen LogP contribution < -0.4 is 11.0 Å². The highest BCUT2D eigenvalue weighted by atomic mass is 32.2. The standard InChI is InChI=1S/C13H17N5OS/c1-2-18-12(19)16-17-13(18)20-11-9(4-3-7-14-11)8-15-10-5-6-10/h3-4,7,10,15H,2,5-6,8H2,1H3,(H,16,19). The molecule has 0 radical (unpaired) electrons. The zero-order valence-electron chi connectivity index (χ0n) is 11.3. The summed E-state index contributed by atoms with van der Waals surface area (Å²) in [7, 11) is 0. The largest absolute Gasteiger partial charge is 0.343 e. The van der Waals surface area contributed by atoms with E-state index < -0.39 is 0 Å². The van der Waals surface area contributed by atoms with E-state index in [1.54, 1.807) is 10.8 Å². The molecule has 3 rings (SSSR count). The fourth-order valence-corrected chi connectivity index (χ4v) is 2.91. The molecule has 1 fully saturated rings. The van der Waals surface area contributed by atoms with Crippen LogP contribution >= 0.6 is 11.8 Å². The van der Waals surface area contributed by atoms with Crippen LogP contribution in [0.1, 0.15) is 25.3 Å². The zero-order valence-corrected chi connectivity index (χ0v) is 12.1. The summed E-state index contributed by atoms with van der Waals surface area (Å²) >= 11 is 1.43.